The Bertz CT molecular complexity index is 1300. The van der Waals surface area contributed by atoms with Crippen LogP contribution in [0.1, 0.15) is 31.0 Å². The molecule has 188 valence electrons. The Balaban J connectivity index is 0.000000454. The summed E-state index contributed by atoms with van der Waals surface area (Å²) in [6.07, 6.45) is -3.13. The largest absolute Gasteiger partial charge is 0.496 e. The highest BCUT2D eigenvalue weighted by Gasteiger charge is 2.38. The van der Waals surface area contributed by atoms with Gasteiger partial charge in [0.25, 0.3) is 0 Å². The van der Waals surface area contributed by atoms with Crippen LogP contribution in [-0.2, 0) is 11.3 Å². The summed E-state index contributed by atoms with van der Waals surface area (Å²) in [6, 6.07) is 27.3. The molecule has 0 fully saturated rings. The van der Waals surface area contributed by atoms with Gasteiger partial charge in [0.05, 0.1) is 19.1 Å². The molecule has 0 aliphatic rings. The maximum Gasteiger partial charge on any atom is 0.490 e. The molecule has 1 heterocycles. The second kappa shape index (κ2) is 11.6. The monoisotopic (exact) mass is 496 g/mol. The Morgan fingerprint density at radius 1 is 0.972 bits per heavy atom. The Morgan fingerprint density at radius 2 is 1.58 bits per heavy atom. The van der Waals surface area contributed by atoms with Gasteiger partial charge in [-0.2, -0.15) is 13.2 Å². The number of para-hydroxylation sites is 1. The minimum absolute atomic E-state index is 0.342. The number of carbonyl (C=O) groups is 1. The predicted molar refractivity (Wildman–Crippen MR) is 133 cm³/mol. The fourth-order valence-electron chi connectivity index (χ4n) is 3.85. The molecule has 1 N–H and O–H groups in total. The minimum Gasteiger partial charge on any atom is -0.496 e. The maximum absolute atomic E-state index is 10.6. The molecule has 0 aliphatic carbocycles. The molecule has 5 nitrogen and oxygen atoms in total. The number of hydrogen-bond acceptors (Lipinski definition) is 3. The zero-order valence-corrected chi connectivity index (χ0v) is 20.2. The molecule has 36 heavy (non-hydrogen) atoms. The third kappa shape index (κ3) is 6.53. The highest BCUT2D eigenvalue weighted by Crippen LogP contribution is 2.34. The number of methoxy groups -OCH3 is 1. The molecule has 0 spiro atoms. The first-order chi connectivity index (χ1) is 17.1. The van der Waals surface area contributed by atoms with Crippen LogP contribution in [0.25, 0.3) is 22.4 Å². The first-order valence-corrected chi connectivity index (χ1v) is 11.2. The fraction of sp³-hybridized carbons (Fsp3) is 0.214. The zero-order chi connectivity index (χ0) is 26.3. The van der Waals surface area contributed by atoms with E-state index in [-0.39, 0.29) is 0 Å². The SMILES string of the molecule is COc1ccccc1-c1ncn(Cc2cccc(-c3ccccc3)c2)c1C(C)C.O=C(O)C(F)(F)F. The quantitative estimate of drug-likeness (QED) is 0.311. The molecule has 0 bridgehead atoms. The van der Waals surface area contributed by atoms with Crippen molar-refractivity contribution in [2.45, 2.75) is 32.5 Å². The molecule has 0 amide bonds. The number of halogens is 3. The van der Waals surface area contributed by atoms with E-state index in [1.807, 2.05) is 30.6 Å². The lowest BCUT2D eigenvalue weighted by Crippen LogP contribution is -2.21. The Kier molecular flexibility index (Phi) is 8.53. The number of ether oxygens (including phenoxy) is 1. The average Bonchev–Trinajstić information content (AvgIpc) is 3.28. The van der Waals surface area contributed by atoms with Gasteiger partial charge in [-0.15, -0.1) is 0 Å². The van der Waals surface area contributed by atoms with Gasteiger partial charge in [-0.3, -0.25) is 0 Å². The van der Waals surface area contributed by atoms with Crippen LogP contribution >= 0.6 is 0 Å². The van der Waals surface area contributed by atoms with Crippen LogP contribution in [0.3, 0.4) is 0 Å². The molecule has 4 aromatic rings. The number of imidazole rings is 1. The van der Waals surface area contributed by atoms with E-state index in [1.165, 1.54) is 22.4 Å². The number of hydrogen-bond donors (Lipinski definition) is 1. The second-order valence-corrected chi connectivity index (χ2v) is 8.33. The molecular formula is C28H27F3N2O3. The van der Waals surface area contributed by atoms with Gasteiger partial charge in [-0.05, 0) is 40.8 Å². The summed E-state index contributed by atoms with van der Waals surface area (Å²) >= 11 is 0. The summed E-state index contributed by atoms with van der Waals surface area (Å²) in [4.78, 5) is 13.7. The van der Waals surface area contributed by atoms with Crippen molar-refractivity contribution in [1.82, 2.24) is 9.55 Å². The number of aliphatic carboxylic acids is 1. The fourth-order valence-corrected chi connectivity index (χ4v) is 3.85. The Morgan fingerprint density at radius 3 is 2.19 bits per heavy atom. The van der Waals surface area contributed by atoms with Gasteiger partial charge in [0.2, 0.25) is 0 Å². The highest BCUT2D eigenvalue weighted by atomic mass is 19.4. The minimum atomic E-state index is -5.08. The van der Waals surface area contributed by atoms with Crippen molar-refractivity contribution in [2.75, 3.05) is 7.11 Å². The molecular weight excluding hydrogens is 469 g/mol. The predicted octanol–water partition coefficient (Wildman–Crippen LogP) is 7.03. The molecule has 0 saturated carbocycles. The van der Waals surface area contributed by atoms with Crippen LogP contribution in [0.5, 0.6) is 5.75 Å². The van der Waals surface area contributed by atoms with E-state index in [2.05, 4.69) is 73.0 Å². The van der Waals surface area contributed by atoms with Gasteiger partial charge in [-0.1, -0.05) is 74.5 Å². The van der Waals surface area contributed by atoms with Gasteiger partial charge in [-0.25, -0.2) is 9.78 Å². The summed E-state index contributed by atoms with van der Waals surface area (Å²) in [5.74, 6) is -1.56. The summed E-state index contributed by atoms with van der Waals surface area (Å²) in [6.45, 7) is 5.22. The third-order valence-electron chi connectivity index (χ3n) is 5.42. The topological polar surface area (TPSA) is 64.4 Å². The first-order valence-electron chi connectivity index (χ1n) is 11.2. The second-order valence-electron chi connectivity index (χ2n) is 8.33. The molecule has 0 unspecified atom stereocenters. The van der Waals surface area contributed by atoms with E-state index in [0.29, 0.717) is 5.92 Å². The van der Waals surface area contributed by atoms with Gasteiger partial charge < -0.3 is 14.4 Å². The number of rotatable bonds is 6. The number of carboxylic acids is 1. The maximum atomic E-state index is 10.6. The summed E-state index contributed by atoms with van der Waals surface area (Å²) in [7, 11) is 1.71. The molecule has 8 heteroatoms. The van der Waals surface area contributed by atoms with E-state index in [9.17, 15) is 13.2 Å². The van der Waals surface area contributed by atoms with Crippen molar-refractivity contribution in [2.24, 2.45) is 0 Å². The Labute approximate surface area is 207 Å². The Hall–Kier alpha value is -4.07. The molecule has 4 rings (SSSR count). The van der Waals surface area contributed by atoms with E-state index < -0.39 is 12.1 Å². The average molecular weight is 497 g/mol. The van der Waals surface area contributed by atoms with Crippen molar-refractivity contribution in [1.29, 1.82) is 0 Å². The van der Waals surface area contributed by atoms with Crippen LogP contribution in [-0.4, -0.2) is 33.9 Å². The lowest BCUT2D eigenvalue weighted by atomic mass is 10.0. The van der Waals surface area contributed by atoms with Gasteiger partial charge in [0, 0.05) is 17.8 Å². The summed E-state index contributed by atoms with van der Waals surface area (Å²) < 4.78 is 39.6. The van der Waals surface area contributed by atoms with E-state index in [1.54, 1.807) is 7.11 Å². The molecule has 3 aromatic carbocycles. The molecule has 0 radical (unpaired) electrons. The van der Waals surface area contributed by atoms with Crippen molar-refractivity contribution in [3.63, 3.8) is 0 Å². The lowest BCUT2D eigenvalue weighted by molar-refractivity contribution is -0.192. The van der Waals surface area contributed by atoms with E-state index in [4.69, 9.17) is 19.6 Å². The van der Waals surface area contributed by atoms with Gasteiger partial charge in [0.15, 0.2) is 0 Å². The number of carboxylic acid groups (broad SMARTS) is 1. The van der Waals surface area contributed by atoms with Crippen molar-refractivity contribution < 1.29 is 27.8 Å². The number of alkyl halides is 3. The van der Waals surface area contributed by atoms with Gasteiger partial charge in [0.1, 0.15) is 5.75 Å². The van der Waals surface area contributed by atoms with Crippen LogP contribution < -0.4 is 4.74 Å². The third-order valence-corrected chi connectivity index (χ3v) is 5.42. The number of aromatic nitrogens is 2. The molecule has 0 aliphatic heterocycles. The molecule has 0 atom stereocenters. The van der Waals surface area contributed by atoms with Crippen LogP contribution in [0.2, 0.25) is 0 Å². The normalized spacial score (nSPS) is 11.1. The number of nitrogens with zero attached hydrogens (tertiary/aromatic N) is 2. The summed E-state index contributed by atoms with van der Waals surface area (Å²) in [5, 5.41) is 7.12. The lowest BCUT2D eigenvalue weighted by Gasteiger charge is -2.15. The van der Waals surface area contributed by atoms with Crippen LogP contribution in [0, 0.1) is 0 Å². The van der Waals surface area contributed by atoms with Crippen molar-refractivity contribution in [3.05, 3.63) is 96.4 Å². The van der Waals surface area contributed by atoms with Crippen LogP contribution in [0.4, 0.5) is 13.2 Å². The van der Waals surface area contributed by atoms with E-state index >= 15 is 0 Å². The number of benzene rings is 3. The molecule has 0 saturated heterocycles. The van der Waals surface area contributed by atoms with Crippen molar-refractivity contribution in [3.8, 4) is 28.1 Å². The van der Waals surface area contributed by atoms with Gasteiger partial charge >= 0.3 is 12.1 Å². The smallest absolute Gasteiger partial charge is 0.490 e. The van der Waals surface area contributed by atoms with E-state index in [0.717, 1.165) is 23.6 Å². The van der Waals surface area contributed by atoms with Crippen LogP contribution in [0.15, 0.2) is 85.2 Å². The highest BCUT2D eigenvalue weighted by molar-refractivity contribution is 5.73. The zero-order valence-electron chi connectivity index (χ0n) is 20.2. The van der Waals surface area contributed by atoms with Crippen molar-refractivity contribution >= 4 is 5.97 Å². The molecule has 1 aromatic heterocycles. The summed E-state index contributed by atoms with van der Waals surface area (Å²) in [5.41, 5.74) is 6.99. The first kappa shape index (κ1) is 26.5. The standard InChI is InChI=1S/C26H26N2O.C2HF3O2/c1-19(2)26-25(23-14-7-8-15-24(23)29-3)27-18-28(26)17-20-10-9-13-22(16-20)21-11-5-4-6-12-21;3-2(4,5)1(6)7/h4-16,18-19H,17H2,1-3H3;(H,6,7).